The fourth-order valence-electron chi connectivity index (χ4n) is 2.21. The quantitative estimate of drug-likeness (QED) is 0.390. The van der Waals surface area contributed by atoms with E-state index in [0.717, 1.165) is 4.73 Å². The van der Waals surface area contributed by atoms with Crippen molar-refractivity contribution in [1.82, 2.24) is 4.57 Å². The van der Waals surface area contributed by atoms with E-state index >= 15 is 0 Å². The van der Waals surface area contributed by atoms with Crippen LogP contribution in [0.3, 0.4) is 0 Å². The van der Waals surface area contributed by atoms with Crippen molar-refractivity contribution in [2.24, 2.45) is 0 Å². The third-order valence-electron chi connectivity index (χ3n) is 3.66. The van der Waals surface area contributed by atoms with Crippen molar-refractivity contribution in [3.05, 3.63) is 16.1 Å². The second kappa shape index (κ2) is 5.33. The summed E-state index contributed by atoms with van der Waals surface area (Å²) in [7, 11) is 2.06. The molecule has 0 amide bonds. The summed E-state index contributed by atoms with van der Waals surface area (Å²) in [6.07, 6.45) is 0. The Morgan fingerprint density at radius 1 is 0.950 bits per heavy atom. The van der Waals surface area contributed by atoms with Crippen LogP contribution in [-0.2, 0) is 10.8 Å². The first-order valence-corrected chi connectivity index (χ1v) is 12.0. The molecule has 0 radical (unpaired) electrons. The molecule has 0 saturated carbocycles. The molecule has 0 heterocycles. The van der Waals surface area contributed by atoms with Crippen LogP contribution in [0.25, 0.3) is 0 Å². The molecule has 1 nitrogen and oxygen atoms in total. The smallest absolute Gasteiger partial charge is 0.148 e. The van der Waals surface area contributed by atoms with Gasteiger partial charge in [0, 0.05) is 4.94 Å². The van der Waals surface area contributed by atoms with Gasteiger partial charge in [0.05, 0.1) is 0 Å². The topological polar surface area (TPSA) is 3.24 Å². The summed E-state index contributed by atoms with van der Waals surface area (Å²) in [6.45, 7) is 20.9. The maximum Gasteiger partial charge on any atom is 0.148 e. The molecule has 0 unspecified atom stereocenters. The minimum atomic E-state index is -1.35. The van der Waals surface area contributed by atoms with Crippen LogP contribution in [0.2, 0.25) is 19.6 Å². The molecule has 20 heavy (non-hydrogen) atoms. The van der Waals surface area contributed by atoms with E-state index in [1.807, 2.05) is 0 Å². The summed E-state index contributed by atoms with van der Waals surface area (Å²) in [5, 5.41) is 0. The van der Waals surface area contributed by atoms with Crippen LogP contribution in [0.1, 0.15) is 52.7 Å². The van der Waals surface area contributed by atoms with Crippen molar-refractivity contribution in [3.8, 4) is 0 Å². The molecule has 0 aromatic heterocycles. The normalized spacial score (nSPS) is 14.1. The Bertz CT molecular complexity index is 502. The number of rotatable bonds is 2. The highest BCUT2D eigenvalue weighted by Crippen LogP contribution is 2.46. The van der Waals surface area contributed by atoms with Crippen LogP contribution < -0.4 is 0 Å². The highest BCUT2D eigenvalue weighted by Gasteiger charge is 2.36. The summed E-state index contributed by atoms with van der Waals surface area (Å²) in [6, 6.07) is 0. The lowest BCUT2D eigenvalue weighted by Gasteiger charge is -2.30. The van der Waals surface area contributed by atoms with Gasteiger partial charge in [0.1, 0.15) is 13.0 Å². The zero-order valence-electron chi connectivity index (χ0n) is 14.8. The Kier molecular flexibility index (Phi) is 4.82. The molecule has 0 aliphatic heterocycles. The van der Waals surface area contributed by atoms with Gasteiger partial charge in [-0.15, -0.1) is 0 Å². The fourth-order valence-corrected chi connectivity index (χ4v) is 6.33. The lowest BCUT2D eigenvalue weighted by Crippen LogP contribution is -2.44. The van der Waals surface area contributed by atoms with E-state index in [1.165, 1.54) is 13.1 Å². The highest BCUT2D eigenvalue weighted by molar-refractivity contribution is 7.91. The van der Waals surface area contributed by atoms with E-state index in [-0.39, 0.29) is 10.8 Å². The van der Waals surface area contributed by atoms with Crippen LogP contribution in [0.5, 0.6) is 0 Å². The summed E-state index contributed by atoms with van der Waals surface area (Å²) in [4.78, 5) is 1.50. The summed E-state index contributed by atoms with van der Waals surface area (Å²) in [5.74, 6) is 0. The van der Waals surface area contributed by atoms with Gasteiger partial charge in [-0.3, -0.25) is 0 Å². The maximum absolute atomic E-state index is 5.69. The van der Waals surface area contributed by atoms with Gasteiger partial charge in [0.2, 0.25) is 0 Å². The molecule has 1 aromatic rings. The zero-order valence-corrected chi connectivity index (χ0v) is 17.5. The number of nitrogens with zero attached hydrogens (tertiary/aromatic N) is 1. The predicted molar refractivity (Wildman–Crippen MR) is 100 cm³/mol. The molecule has 0 bridgehead atoms. The minimum absolute atomic E-state index is 0.234. The van der Waals surface area contributed by atoms with Crippen molar-refractivity contribution >= 4 is 33.4 Å². The molecule has 0 N–H and O–H groups in total. The van der Waals surface area contributed by atoms with Gasteiger partial charge in [-0.25, -0.2) is 0 Å². The van der Waals surface area contributed by atoms with E-state index in [9.17, 15) is 0 Å². The van der Waals surface area contributed by atoms with Gasteiger partial charge in [-0.05, 0) is 37.2 Å². The summed E-state index contributed by atoms with van der Waals surface area (Å²) >= 11 is 5.69. The van der Waals surface area contributed by atoms with Gasteiger partial charge < -0.3 is 4.57 Å². The molecule has 0 aliphatic rings. The van der Waals surface area contributed by atoms with E-state index in [1.54, 1.807) is 11.1 Å². The number of hydrogen-bond donors (Lipinski definition) is 0. The standard InChI is InChI=1S/C16H30NPSSi/c1-15(2,3)11-12(16(4,5)6)13(11)18-14(19)17(7)20(8,9)10/h1-10H3. The zero-order chi connectivity index (χ0) is 16.1. The van der Waals surface area contributed by atoms with E-state index in [2.05, 4.69) is 72.8 Å². The predicted octanol–water partition coefficient (Wildman–Crippen LogP) is 5.69. The fraction of sp³-hybridized carbons (Fsp3) is 0.750. The molecule has 0 fully saturated rings. The molecule has 114 valence electrons. The molecule has 1 rings (SSSR count). The van der Waals surface area contributed by atoms with Crippen LogP contribution in [0.4, 0.5) is 0 Å². The molecule has 0 saturated heterocycles. The largest absolute Gasteiger partial charge is 0.388 e. The Hall–Kier alpha value is 0.0169. The van der Waals surface area contributed by atoms with Crippen LogP contribution in [0, 0.1) is 4.94 Å². The van der Waals surface area contributed by atoms with Crippen LogP contribution in [0.15, 0.2) is 0 Å². The molecule has 0 spiro atoms. The average Bonchev–Trinajstić information content (AvgIpc) is 2.88. The molecular weight excluding hydrogens is 297 g/mol. The number of hydrogen-bond acceptors (Lipinski definition) is 1. The van der Waals surface area contributed by atoms with Gasteiger partial charge >= 0.3 is 0 Å². The van der Waals surface area contributed by atoms with E-state index in [4.69, 9.17) is 12.2 Å². The highest BCUT2D eigenvalue weighted by atomic mass is 32.1. The average molecular weight is 328 g/mol. The van der Waals surface area contributed by atoms with Crippen LogP contribution in [-0.4, -0.2) is 24.6 Å². The third-order valence-corrected chi connectivity index (χ3v) is 7.96. The van der Waals surface area contributed by atoms with Crippen molar-refractivity contribution in [2.75, 3.05) is 7.05 Å². The molecule has 0 atom stereocenters. The summed E-state index contributed by atoms with van der Waals surface area (Å²) in [5.41, 5.74) is 3.58. The molecule has 0 aliphatic carbocycles. The first kappa shape index (κ1) is 18.1. The monoisotopic (exact) mass is 327 g/mol. The second-order valence-corrected chi connectivity index (χ2v) is 15.5. The Morgan fingerprint density at radius 2 is 1.30 bits per heavy atom. The van der Waals surface area contributed by atoms with Gasteiger partial charge in [-0.1, -0.05) is 73.4 Å². The number of thiocarbonyl (C=S) groups is 1. The van der Waals surface area contributed by atoms with Crippen LogP contribution >= 0.6 is 20.4 Å². The maximum atomic E-state index is 5.69. The van der Waals surface area contributed by atoms with E-state index < -0.39 is 8.24 Å². The SMILES string of the molecule is CN(C(=S)P=c1c(C(C)(C)C)c1C(C)(C)C)[Si](C)(C)C. The molecule has 4 heteroatoms. The lowest BCUT2D eigenvalue weighted by atomic mass is 9.86. The van der Waals surface area contributed by atoms with Crippen molar-refractivity contribution in [1.29, 1.82) is 0 Å². The second-order valence-electron chi connectivity index (χ2n) is 8.72. The first-order chi connectivity index (χ1) is 8.67. The summed E-state index contributed by atoms with van der Waals surface area (Å²) < 4.78 is 3.44. The van der Waals surface area contributed by atoms with Crippen molar-refractivity contribution < 1.29 is 0 Å². The lowest BCUT2D eigenvalue weighted by molar-refractivity contribution is 0.563. The minimum Gasteiger partial charge on any atom is -0.388 e. The first-order valence-electron chi connectivity index (χ1n) is 7.30. The van der Waals surface area contributed by atoms with Crippen molar-refractivity contribution in [3.63, 3.8) is 0 Å². The molecule has 1 aromatic carbocycles. The Balaban J connectivity index is 3.22. The third kappa shape index (κ3) is 4.02. The molecular formula is C16H30NPSSi. The Labute approximate surface area is 133 Å². The van der Waals surface area contributed by atoms with Gasteiger partial charge in [0.25, 0.3) is 0 Å². The Morgan fingerprint density at radius 3 is 1.55 bits per heavy atom. The van der Waals surface area contributed by atoms with Crippen molar-refractivity contribution in [2.45, 2.75) is 72.0 Å². The van der Waals surface area contributed by atoms with E-state index in [0.29, 0.717) is 0 Å². The van der Waals surface area contributed by atoms with Gasteiger partial charge in [-0.2, -0.15) is 0 Å². The van der Waals surface area contributed by atoms with Gasteiger partial charge in [0.15, 0.2) is 0 Å².